The number of halogens is 1. The molecule has 0 radical (unpaired) electrons. The summed E-state index contributed by atoms with van der Waals surface area (Å²) in [7, 11) is -3.77. The predicted molar refractivity (Wildman–Crippen MR) is 99.4 cm³/mol. The monoisotopic (exact) mass is 374 g/mol. The van der Waals surface area contributed by atoms with E-state index in [4.69, 9.17) is 16.7 Å². The molecule has 1 aromatic heterocycles. The van der Waals surface area contributed by atoms with E-state index in [2.05, 4.69) is 17.1 Å². The lowest BCUT2D eigenvalue weighted by Gasteiger charge is -2.39. The molecule has 2 aliphatic carbocycles. The van der Waals surface area contributed by atoms with Gasteiger partial charge in [-0.2, -0.15) is 0 Å². The van der Waals surface area contributed by atoms with E-state index < -0.39 is 10.0 Å². The third-order valence-corrected chi connectivity index (χ3v) is 6.53. The van der Waals surface area contributed by atoms with Gasteiger partial charge in [-0.1, -0.05) is 36.2 Å². The van der Waals surface area contributed by atoms with Crippen LogP contribution >= 0.6 is 11.6 Å². The van der Waals surface area contributed by atoms with E-state index in [1.54, 1.807) is 6.20 Å². The second-order valence-electron chi connectivity index (χ2n) is 7.10. The zero-order valence-electron chi connectivity index (χ0n) is 13.7. The second-order valence-corrected chi connectivity index (χ2v) is 9.05. The number of rotatable bonds is 3. The first kappa shape index (κ1) is 16.8. The summed E-state index contributed by atoms with van der Waals surface area (Å²) < 4.78 is 22.9. The molecular formula is C19H19ClN2O2S. The van der Waals surface area contributed by atoms with Gasteiger partial charge in [0.05, 0.1) is 0 Å². The lowest BCUT2D eigenvalue weighted by Crippen LogP contribution is -2.26. The Morgan fingerprint density at radius 1 is 0.960 bits per heavy atom. The standard InChI is InChI=1S/C19H19ClN2O2S/c20-15-5-2-13(3-6-15)16-10-19(8-1-9-19)11-17(16)14-4-7-18(22-12-14)25(21,23)24/h2-7,12H,1,8-11H2,(H2,21,23,24). The third-order valence-electron chi connectivity index (χ3n) is 5.45. The number of aromatic nitrogens is 1. The molecule has 2 aliphatic rings. The largest absolute Gasteiger partial charge is 0.255 e. The van der Waals surface area contributed by atoms with Crippen LogP contribution in [0.2, 0.25) is 5.02 Å². The van der Waals surface area contributed by atoms with Crippen LogP contribution < -0.4 is 5.14 Å². The van der Waals surface area contributed by atoms with Crippen LogP contribution in [-0.4, -0.2) is 13.4 Å². The molecule has 1 saturated carbocycles. The summed E-state index contributed by atoms with van der Waals surface area (Å²) in [6.07, 6.45) is 7.47. The smallest absolute Gasteiger partial charge is 0.243 e. The number of nitrogens with two attached hydrogens (primary N) is 1. The van der Waals surface area contributed by atoms with Crippen molar-refractivity contribution in [1.82, 2.24) is 4.98 Å². The van der Waals surface area contributed by atoms with Gasteiger partial charge >= 0.3 is 0 Å². The van der Waals surface area contributed by atoms with E-state index >= 15 is 0 Å². The topological polar surface area (TPSA) is 73.1 Å². The quantitative estimate of drug-likeness (QED) is 0.872. The van der Waals surface area contributed by atoms with Gasteiger partial charge in [-0.15, -0.1) is 0 Å². The van der Waals surface area contributed by atoms with Gasteiger partial charge in [-0.25, -0.2) is 18.5 Å². The van der Waals surface area contributed by atoms with Crippen molar-refractivity contribution in [3.63, 3.8) is 0 Å². The van der Waals surface area contributed by atoms with E-state index in [9.17, 15) is 8.42 Å². The number of hydrogen-bond donors (Lipinski definition) is 1. The minimum atomic E-state index is -3.77. The van der Waals surface area contributed by atoms with Gasteiger partial charge in [0, 0.05) is 11.2 Å². The Balaban J connectivity index is 1.77. The molecule has 6 heteroatoms. The average molecular weight is 375 g/mol. The highest BCUT2D eigenvalue weighted by Crippen LogP contribution is 2.59. The summed E-state index contributed by atoms with van der Waals surface area (Å²) in [5.74, 6) is 0. The van der Waals surface area contributed by atoms with Crippen LogP contribution in [0.1, 0.15) is 43.2 Å². The molecule has 2 N–H and O–H groups in total. The van der Waals surface area contributed by atoms with E-state index in [0.29, 0.717) is 5.41 Å². The number of sulfonamides is 1. The molecule has 0 unspecified atom stereocenters. The fourth-order valence-corrected chi connectivity index (χ4v) is 4.57. The number of primary sulfonamides is 1. The molecule has 130 valence electrons. The van der Waals surface area contributed by atoms with Gasteiger partial charge in [-0.05, 0) is 71.6 Å². The van der Waals surface area contributed by atoms with Gasteiger partial charge in [-0.3, -0.25) is 0 Å². The molecule has 1 spiro atoms. The molecule has 0 atom stereocenters. The molecule has 4 nitrogen and oxygen atoms in total. The van der Waals surface area contributed by atoms with Gasteiger partial charge in [0.25, 0.3) is 10.0 Å². The Hall–Kier alpha value is -1.69. The molecule has 1 aromatic carbocycles. The van der Waals surface area contributed by atoms with Crippen molar-refractivity contribution in [3.05, 3.63) is 58.7 Å². The van der Waals surface area contributed by atoms with Crippen molar-refractivity contribution in [2.45, 2.75) is 37.1 Å². The van der Waals surface area contributed by atoms with Gasteiger partial charge in [0.15, 0.2) is 5.03 Å². The maximum atomic E-state index is 11.4. The van der Waals surface area contributed by atoms with Crippen LogP contribution in [0.25, 0.3) is 11.1 Å². The highest BCUT2D eigenvalue weighted by molar-refractivity contribution is 7.89. The average Bonchev–Trinajstić information content (AvgIpc) is 2.96. The summed E-state index contributed by atoms with van der Waals surface area (Å²) >= 11 is 6.03. The Labute approximate surface area is 152 Å². The third kappa shape index (κ3) is 3.12. The molecule has 1 fully saturated rings. The van der Waals surface area contributed by atoms with Crippen LogP contribution in [-0.2, 0) is 10.0 Å². The predicted octanol–water partition coefficient (Wildman–Crippen LogP) is 4.26. The highest BCUT2D eigenvalue weighted by Gasteiger charge is 2.43. The molecule has 4 rings (SSSR count). The number of allylic oxidation sites excluding steroid dienone is 2. The van der Waals surface area contributed by atoms with Crippen molar-refractivity contribution in [2.24, 2.45) is 10.6 Å². The van der Waals surface area contributed by atoms with Crippen molar-refractivity contribution < 1.29 is 8.42 Å². The Morgan fingerprint density at radius 2 is 1.56 bits per heavy atom. The summed E-state index contributed by atoms with van der Waals surface area (Å²) in [5.41, 5.74) is 5.10. The zero-order chi connectivity index (χ0) is 17.7. The summed E-state index contributed by atoms with van der Waals surface area (Å²) in [4.78, 5) is 4.06. The molecule has 25 heavy (non-hydrogen) atoms. The Kier molecular flexibility index (Phi) is 3.98. The van der Waals surface area contributed by atoms with Crippen LogP contribution in [0, 0.1) is 5.41 Å². The fraction of sp³-hybridized carbons (Fsp3) is 0.316. The fourth-order valence-electron chi connectivity index (χ4n) is 3.99. The lowest BCUT2D eigenvalue weighted by molar-refractivity contribution is 0.157. The molecule has 2 aromatic rings. The number of pyridine rings is 1. The van der Waals surface area contributed by atoms with Crippen LogP contribution in [0.15, 0.2) is 47.6 Å². The molecule has 0 bridgehead atoms. The molecule has 0 saturated heterocycles. The van der Waals surface area contributed by atoms with Crippen molar-refractivity contribution in [3.8, 4) is 0 Å². The molecular weight excluding hydrogens is 356 g/mol. The first-order valence-electron chi connectivity index (χ1n) is 8.34. The second kappa shape index (κ2) is 5.94. The van der Waals surface area contributed by atoms with Crippen LogP contribution in [0.3, 0.4) is 0 Å². The maximum absolute atomic E-state index is 11.4. The number of nitrogens with zero attached hydrogens (tertiary/aromatic N) is 1. The van der Waals surface area contributed by atoms with Gasteiger partial charge in [0.1, 0.15) is 0 Å². The molecule has 0 amide bonds. The minimum Gasteiger partial charge on any atom is -0.243 e. The first-order chi connectivity index (χ1) is 11.9. The maximum Gasteiger partial charge on any atom is 0.255 e. The Bertz CT molecular complexity index is 944. The SMILES string of the molecule is NS(=O)(=O)c1ccc(C2=C(c3ccc(Cl)cc3)CC3(CCC3)C2)cn1. The van der Waals surface area contributed by atoms with E-state index in [1.807, 2.05) is 18.2 Å². The van der Waals surface area contributed by atoms with Gasteiger partial charge < -0.3 is 0 Å². The van der Waals surface area contributed by atoms with E-state index in [0.717, 1.165) is 23.4 Å². The number of hydrogen-bond acceptors (Lipinski definition) is 3. The van der Waals surface area contributed by atoms with Crippen LogP contribution in [0.5, 0.6) is 0 Å². The summed E-state index contributed by atoms with van der Waals surface area (Å²) in [6, 6.07) is 11.2. The van der Waals surface area contributed by atoms with E-state index in [1.165, 1.54) is 42.0 Å². The van der Waals surface area contributed by atoms with Gasteiger partial charge in [0.2, 0.25) is 0 Å². The zero-order valence-corrected chi connectivity index (χ0v) is 15.3. The lowest BCUT2D eigenvalue weighted by atomic mass is 9.66. The van der Waals surface area contributed by atoms with E-state index in [-0.39, 0.29) is 5.03 Å². The van der Waals surface area contributed by atoms with Crippen molar-refractivity contribution in [2.75, 3.05) is 0 Å². The molecule has 0 aliphatic heterocycles. The Morgan fingerprint density at radius 3 is 2.04 bits per heavy atom. The first-order valence-corrected chi connectivity index (χ1v) is 10.3. The van der Waals surface area contributed by atoms with Crippen molar-refractivity contribution in [1.29, 1.82) is 0 Å². The summed E-state index contributed by atoms with van der Waals surface area (Å²) in [6.45, 7) is 0. The molecule has 1 heterocycles. The minimum absolute atomic E-state index is 0.0961. The highest BCUT2D eigenvalue weighted by atomic mass is 35.5. The van der Waals surface area contributed by atoms with Crippen LogP contribution in [0.4, 0.5) is 0 Å². The van der Waals surface area contributed by atoms with Crippen molar-refractivity contribution >= 4 is 32.8 Å². The normalized spacial score (nSPS) is 19.3. The summed E-state index contributed by atoms with van der Waals surface area (Å²) in [5, 5.41) is 5.78. The number of benzene rings is 1.